The first-order chi connectivity index (χ1) is 9.81. The fourth-order valence-corrected chi connectivity index (χ4v) is 3.17. The monoisotopic (exact) mass is 291 g/mol. The van der Waals surface area contributed by atoms with Gasteiger partial charge in [0.05, 0.1) is 24.6 Å². The van der Waals surface area contributed by atoms with Gasteiger partial charge in [-0.1, -0.05) is 25.1 Å². The topological polar surface area (TPSA) is 30.5 Å². The smallest absolute Gasteiger partial charge is 0.134 e. The largest absolute Gasteiger partial charge is 0.496 e. The molecule has 2 aromatic rings. The van der Waals surface area contributed by atoms with Crippen LogP contribution in [0.25, 0.3) is 0 Å². The molecule has 0 aliphatic rings. The second-order valence-corrected chi connectivity index (χ2v) is 5.41. The zero-order valence-corrected chi connectivity index (χ0v) is 13.0. The number of ether oxygens (including phenoxy) is 2. The zero-order valence-electron chi connectivity index (χ0n) is 12.2. The summed E-state index contributed by atoms with van der Waals surface area (Å²) in [5, 5.41) is 5.41. The van der Waals surface area contributed by atoms with E-state index in [1.54, 1.807) is 18.4 Å². The Morgan fingerprint density at radius 1 is 1.20 bits per heavy atom. The van der Waals surface area contributed by atoms with Crippen LogP contribution in [0.15, 0.2) is 35.7 Å². The molecule has 0 radical (unpaired) electrons. The first-order valence-electron chi connectivity index (χ1n) is 6.82. The van der Waals surface area contributed by atoms with E-state index in [1.165, 1.54) is 4.88 Å². The van der Waals surface area contributed by atoms with Crippen molar-refractivity contribution in [2.24, 2.45) is 0 Å². The standard InChI is InChI=1S/C16H21NO2S/c1-4-10-19-13-8-6-5-7-12(13)15(17-2)16-14(18-3)9-11-20-16/h5-9,11,15,17H,4,10H2,1-3H3. The summed E-state index contributed by atoms with van der Waals surface area (Å²) in [6, 6.07) is 10.3. The number of nitrogens with one attached hydrogen (secondary N) is 1. The lowest BCUT2D eigenvalue weighted by atomic mass is 10.0. The van der Waals surface area contributed by atoms with Gasteiger partial charge in [-0.05, 0) is 31.0 Å². The molecular weight excluding hydrogens is 270 g/mol. The van der Waals surface area contributed by atoms with E-state index in [0.29, 0.717) is 0 Å². The molecule has 1 aromatic heterocycles. The van der Waals surface area contributed by atoms with Crippen molar-refractivity contribution in [3.05, 3.63) is 46.2 Å². The molecule has 0 bridgehead atoms. The molecular formula is C16H21NO2S. The molecule has 1 atom stereocenters. The minimum absolute atomic E-state index is 0.0815. The molecule has 108 valence electrons. The Hall–Kier alpha value is -1.52. The number of para-hydroxylation sites is 1. The van der Waals surface area contributed by atoms with Gasteiger partial charge < -0.3 is 14.8 Å². The molecule has 1 heterocycles. The quantitative estimate of drug-likeness (QED) is 0.840. The summed E-state index contributed by atoms with van der Waals surface area (Å²) in [6.07, 6.45) is 1.00. The van der Waals surface area contributed by atoms with Crippen LogP contribution < -0.4 is 14.8 Å². The molecule has 1 unspecified atom stereocenters. The SMILES string of the molecule is CCCOc1ccccc1C(NC)c1sccc1OC. The molecule has 1 aromatic carbocycles. The van der Waals surface area contributed by atoms with Crippen molar-refractivity contribution in [2.45, 2.75) is 19.4 Å². The first-order valence-corrected chi connectivity index (χ1v) is 7.70. The molecule has 0 fully saturated rings. The zero-order chi connectivity index (χ0) is 14.4. The number of rotatable bonds is 7. The van der Waals surface area contributed by atoms with Crippen LogP contribution >= 0.6 is 11.3 Å². The van der Waals surface area contributed by atoms with E-state index >= 15 is 0 Å². The summed E-state index contributed by atoms with van der Waals surface area (Å²) < 4.78 is 11.3. The Balaban J connectivity index is 2.36. The highest BCUT2D eigenvalue weighted by atomic mass is 32.1. The van der Waals surface area contributed by atoms with Crippen LogP contribution in [0.5, 0.6) is 11.5 Å². The van der Waals surface area contributed by atoms with E-state index in [9.17, 15) is 0 Å². The van der Waals surface area contributed by atoms with E-state index in [-0.39, 0.29) is 6.04 Å². The van der Waals surface area contributed by atoms with E-state index in [4.69, 9.17) is 9.47 Å². The maximum atomic E-state index is 5.86. The van der Waals surface area contributed by atoms with Gasteiger partial charge in [-0.25, -0.2) is 0 Å². The number of benzene rings is 1. The lowest BCUT2D eigenvalue weighted by molar-refractivity contribution is 0.312. The molecule has 20 heavy (non-hydrogen) atoms. The highest BCUT2D eigenvalue weighted by molar-refractivity contribution is 7.10. The van der Waals surface area contributed by atoms with Crippen molar-refractivity contribution in [3.8, 4) is 11.5 Å². The third kappa shape index (κ3) is 3.14. The van der Waals surface area contributed by atoms with Crippen molar-refractivity contribution in [1.29, 1.82) is 0 Å². The van der Waals surface area contributed by atoms with E-state index in [1.807, 2.05) is 36.7 Å². The highest BCUT2D eigenvalue weighted by Gasteiger charge is 2.21. The van der Waals surface area contributed by atoms with Gasteiger partial charge >= 0.3 is 0 Å². The maximum absolute atomic E-state index is 5.86. The van der Waals surface area contributed by atoms with Gasteiger partial charge in [0.2, 0.25) is 0 Å². The van der Waals surface area contributed by atoms with Gasteiger partial charge in [0, 0.05) is 5.56 Å². The summed E-state index contributed by atoms with van der Waals surface area (Å²) >= 11 is 1.69. The predicted molar refractivity (Wildman–Crippen MR) is 84.0 cm³/mol. The van der Waals surface area contributed by atoms with Crippen molar-refractivity contribution in [2.75, 3.05) is 20.8 Å². The second-order valence-electron chi connectivity index (χ2n) is 4.46. The lowest BCUT2D eigenvalue weighted by Gasteiger charge is -2.20. The molecule has 0 aliphatic carbocycles. The van der Waals surface area contributed by atoms with Crippen LogP contribution in [-0.4, -0.2) is 20.8 Å². The van der Waals surface area contributed by atoms with Crippen LogP contribution in [-0.2, 0) is 0 Å². The average Bonchev–Trinajstić information content (AvgIpc) is 2.95. The predicted octanol–water partition coefficient (Wildman–Crippen LogP) is 3.85. The molecule has 2 rings (SSSR count). The Labute approximate surface area is 124 Å². The summed E-state index contributed by atoms with van der Waals surface area (Å²) in [4.78, 5) is 1.17. The Kier molecular flexibility index (Phi) is 5.44. The molecule has 4 heteroatoms. The average molecular weight is 291 g/mol. The number of hydrogen-bond donors (Lipinski definition) is 1. The molecule has 3 nitrogen and oxygen atoms in total. The normalized spacial score (nSPS) is 12.2. The van der Waals surface area contributed by atoms with Gasteiger partial charge in [0.15, 0.2) is 0 Å². The van der Waals surface area contributed by atoms with Gasteiger partial charge in [0.1, 0.15) is 11.5 Å². The van der Waals surface area contributed by atoms with Crippen molar-refractivity contribution in [1.82, 2.24) is 5.32 Å². The Morgan fingerprint density at radius 3 is 2.70 bits per heavy atom. The fourth-order valence-electron chi connectivity index (χ4n) is 2.18. The third-order valence-electron chi connectivity index (χ3n) is 3.12. The fraction of sp³-hybridized carbons (Fsp3) is 0.375. The van der Waals surface area contributed by atoms with Crippen molar-refractivity contribution in [3.63, 3.8) is 0 Å². The van der Waals surface area contributed by atoms with Gasteiger partial charge in [-0.15, -0.1) is 11.3 Å². The van der Waals surface area contributed by atoms with Crippen LogP contribution in [0.2, 0.25) is 0 Å². The van der Waals surface area contributed by atoms with Gasteiger partial charge in [-0.2, -0.15) is 0 Å². The van der Waals surface area contributed by atoms with Crippen molar-refractivity contribution >= 4 is 11.3 Å². The molecule has 0 amide bonds. The minimum Gasteiger partial charge on any atom is -0.496 e. The van der Waals surface area contributed by atoms with Crippen LogP contribution in [0.4, 0.5) is 0 Å². The number of hydrogen-bond acceptors (Lipinski definition) is 4. The molecule has 0 spiro atoms. The minimum atomic E-state index is 0.0815. The highest BCUT2D eigenvalue weighted by Crippen LogP contribution is 2.37. The van der Waals surface area contributed by atoms with Gasteiger partial charge in [-0.3, -0.25) is 0 Å². The molecule has 1 N–H and O–H groups in total. The summed E-state index contributed by atoms with van der Waals surface area (Å²) in [5.41, 5.74) is 1.14. The summed E-state index contributed by atoms with van der Waals surface area (Å²) in [7, 11) is 3.66. The van der Waals surface area contributed by atoms with Crippen LogP contribution in [0.3, 0.4) is 0 Å². The third-order valence-corrected chi connectivity index (χ3v) is 4.08. The molecule has 0 saturated heterocycles. The van der Waals surface area contributed by atoms with Crippen LogP contribution in [0, 0.1) is 0 Å². The number of thiophene rings is 1. The van der Waals surface area contributed by atoms with E-state index < -0.39 is 0 Å². The number of methoxy groups -OCH3 is 1. The second kappa shape index (κ2) is 7.31. The molecule has 0 saturated carbocycles. The lowest BCUT2D eigenvalue weighted by Crippen LogP contribution is -2.18. The summed E-state index contributed by atoms with van der Waals surface area (Å²) in [5.74, 6) is 1.85. The Morgan fingerprint density at radius 2 is 2.00 bits per heavy atom. The maximum Gasteiger partial charge on any atom is 0.134 e. The van der Waals surface area contributed by atoms with E-state index in [2.05, 4.69) is 18.3 Å². The Bertz CT molecular complexity index is 539. The van der Waals surface area contributed by atoms with Crippen LogP contribution in [0.1, 0.15) is 29.8 Å². The summed E-state index contributed by atoms with van der Waals surface area (Å²) in [6.45, 7) is 2.84. The first kappa shape index (κ1) is 14.9. The van der Waals surface area contributed by atoms with Gasteiger partial charge in [0.25, 0.3) is 0 Å². The van der Waals surface area contributed by atoms with E-state index in [0.717, 1.165) is 30.1 Å². The van der Waals surface area contributed by atoms with Crippen molar-refractivity contribution < 1.29 is 9.47 Å². The molecule has 0 aliphatic heterocycles.